The Labute approximate surface area is 273 Å². The molecule has 2 nitrogen and oxygen atoms in total. The van der Waals surface area contributed by atoms with Crippen molar-refractivity contribution in [3.05, 3.63) is 175 Å². The third kappa shape index (κ3) is 4.65. The van der Waals surface area contributed by atoms with Gasteiger partial charge in [-0.05, 0) is 87.4 Å². The van der Waals surface area contributed by atoms with Gasteiger partial charge in [0, 0.05) is 33.3 Å². The van der Waals surface area contributed by atoms with Crippen LogP contribution < -0.4 is 4.90 Å². The van der Waals surface area contributed by atoms with Gasteiger partial charge >= 0.3 is 0 Å². The molecule has 222 valence electrons. The Bertz CT molecular complexity index is 2590. The summed E-state index contributed by atoms with van der Waals surface area (Å²) in [5.74, 6) is 0.926. The van der Waals surface area contributed by atoms with Gasteiger partial charge in [0.05, 0.1) is 5.69 Å². The first-order valence-corrected chi connectivity index (χ1v) is 16.1. The summed E-state index contributed by atoms with van der Waals surface area (Å²) in [6.07, 6.45) is 0. The lowest BCUT2D eigenvalue weighted by molar-refractivity contribution is 0.629. The molecule has 0 aliphatic heterocycles. The molecule has 0 aliphatic carbocycles. The molecule has 0 saturated heterocycles. The number of para-hydroxylation sites is 1. The summed E-state index contributed by atoms with van der Waals surface area (Å²) in [6, 6.07) is 60.9. The van der Waals surface area contributed by atoms with Crippen LogP contribution in [0.2, 0.25) is 0 Å². The Morgan fingerprint density at radius 1 is 0.404 bits per heavy atom. The van der Waals surface area contributed by atoms with Crippen molar-refractivity contribution in [1.29, 1.82) is 0 Å². The molecular weight excluding hydrogens is 571 g/mol. The minimum Gasteiger partial charge on any atom is -0.456 e. The second-order valence-electron chi connectivity index (χ2n) is 12.2. The van der Waals surface area contributed by atoms with Crippen molar-refractivity contribution in [1.82, 2.24) is 0 Å². The highest BCUT2D eigenvalue weighted by atomic mass is 16.3. The fraction of sp³-hybridized carbons (Fsp3) is 0.0222. The molecule has 1 heterocycles. The first kappa shape index (κ1) is 27.2. The number of nitrogens with zero attached hydrogens (tertiary/aromatic N) is 1. The largest absolute Gasteiger partial charge is 0.456 e. The van der Waals surface area contributed by atoms with E-state index >= 15 is 0 Å². The molecule has 2 heteroatoms. The number of furan rings is 1. The maximum absolute atomic E-state index is 6.31. The molecule has 8 aromatic carbocycles. The minimum atomic E-state index is 0.921. The van der Waals surface area contributed by atoms with Gasteiger partial charge in [0.25, 0.3) is 0 Å². The van der Waals surface area contributed by atoms with Crippen LogP contribution in [0.15, 0.2) is 174 Å². The highest BCUT2D eigenvalue weighted by Gasteiger charge is 2.18. The second kappa shape index (κ2) is 11.0. The number of benzene rings is 8. The molecule has 1 aromatic heterocycles. The molecule has 47 heavy (non-hydrogen) atoms. The van der Waals surface area contributed by atoms with E-state index in [4.69, 9.17) is 4.42 Å². The summed E-state index contributed by atoms with van der Waals surface area (Å²) in [7, 11) is 0. The average molecular weight is 602 g/mol. The Balaban J connectivity index is 1.18. The van der Waals surface area contributed by atoms with Gasteiger partial charge in [0.2, 0.25) is 0 Å². The average Bonchev–Trinajstić information content (AvgIpc) is 3.48. The number of rotatable bonds is 5. The third-order valence-corrected chi connectivity index (χ3v) is 9.41. The number of fused-ring (bicyclic) bond motifs is 5. The first-order valence-electron chi connectivity index (χ1n) is 16.1. The molecule has 0 unspecified atom stereocenters. The maximum Gasteiger partial charge on any atom is 0.138 e. The van der Waals surface area contributed by atoms with Crippen molar-refractivity contribution in [2.24, 2.45) is 0 Å². The fourth-order valence-electron chi connectivity index (χ4n) is 7.06. The van der Waals surface area contributed by atoms with E-state index in [2.05, 4.69) is 170 Å². The molecule has 0 radical (unpaired) electrons. The van der Waals surface area contributed by atoms with E-state index in [1.807, 2.05) is 12.1 Å². The van der Waals surface area contributed by atoms with Gasteiger partial charge in [-0.1, -0.05) is 127 Å². The molecule has 0 saturated carbocycles. The van der Waals surface area contributed by atoms with Crippen molar-refractivity contribution in [3.63, 3.8) is 0 Å². The minimum absolute atomic E-state index is 0.921. The van der Waals surface area contributed by atoms with E-state index < -0.39 is 0 Å². The predicted octanol–water partition coefficient (Wildman–Crippen LogP) is 13.0. The summed E-state index contributed by atoms with van der Waals surface area (Å²) in [5.41, 5.74) is 8.87. The molecule has 0 atom stereocenters. The highest BCUT2D eigenvalue weighted by molar-refractivity contribution is 6.14. The molecule has 9 rings (SSSR count). The predicted molar refractivity (Wildman–Crippen MR) is 199 cm³/mol. The first-order chi connectivity index (χ1) is 23.2. The van der Waals surface area contributed by atoms with Gasteiger partial charge in [-0.25, -0.2) is 0 Å². The van der Waals surface area contributed by atoms with E-state index in [-0.39, 0.29) is 0 Å². The lowest BCUT2D eigenvalue weighted by Gasteiger charge is -2.28. The Morgan fingerprint density at radius 3 is 1.85 bits per heavy atom. The van der Waals surface area contributed by atoms with Gasteiger partial charge in [-0.3, -0.25) is 0 Å². The zero-order valence-electron chi connectivity index (χ0n) is 26.0. The van der Waals surface area contributed by atoms with Gasteiger partial charge in [0.1, 0.15) is 11.3 Å². The van der Waals surface area contributed by atoms with Gasteiger partial charge in [-0.2, -0.15) is 0 Å². The third-order valence-electron chi connectivity index (χ3n) is 9.41. The van der Waals surface area contributed by atoms with Crippen LogP contribution in [-0.4, -0.2) is 0 Å². The van der Waals surface area contributed by atoms with Crippen LogP contribution in [0.25, 0.3) is 65.7 Å². The van der Waals surface area contributed by atoms with Crippen LogP contribution in [-0.2, 0) is 0 Å². The number of aryl methyl sites for hydroxylation is 1. The quantitative estimate of drug-likeness (QED) is 0.182. The molecule has 0 fully saturated rings. The smallest absolute Gasteiger partial charge is 0.138 e. The molecule has 0 N–H and O–H groups in total. The normalized spacial score (nSPS) is 11.5. The summed E-state index contributed by atoms with van der Waals surface area (Å²) in [4.78, 5) is 2.40. The van der Waals surface area contributed by atoms with Crippen LogP contribution in [0, 0.1) is 6.92 Å². The number of hydrogen-bond donors (Lipinski definition) is 0. The fourth-order valence-corrected chi connectivity index (χ4v) is 7.06. The summed E-state index contributed by atoms with van der Waals surface area (Å²) < 4.78 is 6.31. The Morgan fingerprint density at radius 2 is 1.04 bits per heavy atom. The topological polar surface area (TPSA) is 16.4 Å². The zero-order valence-corrected chi connectivity index (χ0v) is 26.0. The monoisotopic (exact) mass is 601 g/mol. The van der Waals surface area contributed by atoms with E-state index in [0.717, 1.165) is 50.5 Å². The summed E-state index contributed by atoms with van der Waals surface area (Å²) in [6.45, 7) is 2.14. The molecule has 9 aromatic rings. The van der Waals surface area contributed by atoms with Crippen molar-refractivity contribution in [3.8, 4) is 22.5 Å². The highest BCUT2D eigenvalue weighted by Crippen LogP contribution is 2.43. The molecule has 0 amide bonds. The number of anilines is 3. The number of hydrogen-bond acceptors (Lipinski definition) is 2. The van der Waals surface area contributed by atoms with Crippen molar-refractivity contribution >= 4 is 60.3 Å². The Hall–Kier alpha value is -6.12. The van der Waals surface area contributed by atoms with Gasteiger partial charge in [-0.15, -0.1) is 0 Å². The second-order valence-corrected chi connectivity index (χ2v) is 12.2. The standard InChI is InChI=1S/C45H31NO/c1-30-39-16-8-9-20-44(39)47-45(30)36-15-10-14-33(27-36)32-21-24-37(25-22-32)46(38-26-23-31-11-2-3-12-34(31)28-38)43-29-35-13-4-5-17-40(35)41-18-6-7-19-42(41)43/h2-29H,1H3. The van der Waals surface area contributed by atoms with Crippen LogP contribution >= 0.6 is 0 Å². The van der Waals surface area contributed by atoms with Crippen molar-refractivity contribution in [2.75, 3.05) is 4.90 Å². The molecule has 0 bridgehead atoms. The summed E-state index contributed by atoms with van der Waals surface area (Å²) in [5, 5.41) is 8.57. The SMILES string of the molecule is Cc1c(-c2cccc(-c3ccc(N(c4ccc5ccccc5c4)c4cc5ccccc5c5ccccc45)cc3)c2)oc2ccccc12. The van der Waals surface area contributed by atoms with Crippen molar-refractivity contribution in [2.45, 2.75) is 6.92 Å². The Kier molecular flexibility index (Phi) is 6.39. The lowest BCUT2D eigenvalue weighted by atomic mass is 9.98. The lowest BCUT2D eigenvalue weighted by Crippen LogP contribution is -2.10. The van der Waals surface area contributed by atoms with Gasteiger partial charge < -0.3 is 9.32 Å². The van der Waals surface area contributed by atoms with Crippen LogP contribution in [0.1, 0.15) is 5.56 Å². The van der Waals surface area contributed by atoms with E-state index in [9.17, 15) is 0 Å². The molecule has 0 aliphatic rings. The van der Waals surface area contributed by atoms with Crippen LogP contribution in [0.3, 0.4) is 0 Å². The molecule has 0 spiro atoms. The van der Waals surface area contributed by atoms with Gasteiger partial charge in [0.15, 0.2) is 0 Å². The summed E-state index contributed by atoms with van der Waals surface area (Å²) >= 11 is 0. The van der Waals surface area contributed by atoms with Crippen molar-refractivity contribution < 1.29 is 4.42 Å². The zero-order chi connectivity index (χ0) is 31.3. The van der Waals surface area contributed by atoms with E-state index in [0.29, 0.717) is 0 Å². The van der Waals surface area contributed by atoms with Crippen LogP contribution in [0.5, 0.6) is 0 Å². The van der Waals surface area contributed by atoms with Crippen LogP contribution in [0.4, 0.5) is 17.1 Å². The maximum atomic E-state index is 6.31. The van der Waals surface area contributed by atoms with E-state index in [1.165, 1.54) is 37.9 Å². The molecular formula is C45H31NO. The van der Waals surface area contributed by atoms with E-state index in [1.54, 1.807) is 0 Å².